The molecule has 2 amide bonds. The number of amides is 2. The van der Waals surface area contributed by atoms with Gasteiger partial charge in [-0.2, -0.15) is 0 Å². The van der Waals surface area contributed by atoms with Crippen molar-refractivity contribution < 1.29 is 9.18 Å². The number of fused-ring (bicyclic) bond motifs is 1. The molecule has 140 valence electrons. The third kappa shape index (κ3) is 3.68. The van der Waals surface area contributed by atoms with E-state index in [1.165, 1.54) is 12.1 Å². The van der Waals surface area contributed by atoms with E-state index in [-0.39, 0.29) is 5.82 Å². The maximum Gasteiger partial charge on any atom is 0.324 e. The summed E-state index contributed by atoms with van der Waals surface area (Å²) < 4.78 is 15.1. The zero-order valence-electron chi connectivity index (χ0n) is 14.9. The van der Waals surface area contributed by atoms with Crippen molar-refractivity contribution >= 4 is 34.8 Å². The monoisotopic (exact) mass is 394 g/mol. The molecule has 4 rings (SSSR count). The molecule has 0 aliphatic heterocycles. The minimum absolute atomic E-state index is 0.335. The van der Waals surface area contributed by atoms with Crippen LogP contribution in [0.15, 0.2) is 66.9 Å². The van der Waals surface area contributed by atoms with E-state index in [2.05, 4.69) is 15.6 Å². The number of rotatable bonds is 3. The molecule has 28 heavy (non-hydrogen) atoms. The second-order valence-electron chi connectivity index (χ2n) is 6.33. The van der Waals surface area contributed by atoms with Crippen molar-refractivity contribution in [3.8, 4) is 11.3 Å². The first-order valence-electron chi connectivity index (χ1n) is 8.58. The lowest BCUT2D eigenvalue weighted by molar-refractivity contribution is 0.262. The maximum absolute atomic E-state index is 13.3. The van der Waals surface area contributed by atoms with Gasteiger partial charge in [-0.3, -0.25) is 9.72 Å². The fraction of sp³-hybridized carbons (Fsp3) is 0.0476. The van der Waals surface area contributed by atoms with Crippen LogP contribution < -0.4 is 10.6 Å². The Hall–Kier alpha value is -3.38. The smallest absolute Gasteiger partial charge is 0.308 e. The summed E-state index contributed by atoms with van der Waals surface area (Å²) >= 11 is 5.87. The fourth-order valence-corrected chi connectivity index (χ4v) is 3.00. The number of nitrogens with one attached hydrogen (secondary N) is 2. The zero-order chi connectivity index (χ0) is 19.7. The fourth-order valence-electron chi connectivity index (χ4n) is 2.88. The molecule has 0 aliphatic rings. The number of carbonyl (C=O) groups excluding carboxylic acids is 1. The number of aromatic nitrogens is 2. The lowest BCUT2D eigenvalue weighted by Crippen LogP contribution is -2.20. The minimum Gasteiger partial charge on any atom is -0.308 e. The third-order valence-electron chi connectivity index (χ3n) is 4.23. The molecule has 4 aromatic rings. The highest BCUT2D eigenvalue weighted by molar-refractivity contribution is 6.30. The summed E-state index contributed by atoms with van der Waals surface area (Å²) in [6, 6.07) is 16.2. The van der Waals surface area contributed by atoms with E-state index in [4.69, 9.17) is 11.6 Å². The zero-order valence-corrected chi connectivity index (χ0v) is 15.7. The van der Waals surface area contributed by atoms with Gasteiger partial charge in [0.1, 0.15) is 23.0 Å². The predicted octanol–water partition coefficient (Wildman–Crippen LogP) is 5.75. The van der Waals surface area contributed by atoms with Crippen LogP contribution >= 0.6 is 11.6 Å². The molecule has 2 heterocycles. The number of hydrogen-bond acceptors (Lipinski definition) is 2. The Morgan fingerprint density at radius 3 is 2.46 bits per heavy atom. The van der Waals surface area contributed by atoms with E-state index in [0.717, 1.165) is 5.56 Å². The molecule has 2 aromatic heterocycles. The van der Waals surface area contributed by atoms with E-state index in [1.807, 2.05) is 25.3 Å². The number of carbonyl (C=O) groups is 1. The molecule has 2 N–H and O–H groups in total. The molecule has 5 nitrogen and oxygen atoms in total. The number of nitrogens with zero attached hydrogens (tertiary/aromatic N) is 2. The van der Waals surface area contributed by atoms with E-state index < -0.39 is 6.03 Å². The molecule has 0 aliphatic carbocycles. The topological polar surface area (TPSA) is 58.4 Å². The molecule has 2 aromatic carbocycles. The third-order valence-corrected chi connectivity index (χ3v) is 4.49. The summed E-state index contributed by atoms with van der Waals surface area (Å²) in [6.45, 7) is 1.96. The van der Waals surface area contributed by atoms with E-state index in [9.17, 15) is 9.18 Å². The van der Waals surface area contributed by atoms with Crippen LogP contribution in [-0.4, -0.2) is 15.4 Å². The SMILES string of the molecule is Cc1ccn2c(NC(=O)Nc3ccc(Cl)cc3)c(-c3ccc(F)cc3)nc2c1. The molecule has 0 fully saturated rings. The van der Waals surface area contributed by atoms with Crippen LogP contribution in [-0.2, 0) is 0 Å². The Labute approximate surface area is 165 Å². The van der Waals surface area contributed by atoms with Crippen LogP contribution in [0.5, 0.6) is 0 Å². The number of halogens is 2. The quantitative estimate of drug-likeness (QED) is 0.465. The van der Waals surface area contributed by atoms with Crippen molar-refractivity contribution in [2.24, 2.45) is 0 Å². The first kappa shape index (κ1) is 18.0. The number of benzene rings is 2. The Bertz CT molecular complexity index is 1150. The number of aryl methyl sites for hydroxylation is 1. The van der Waals surface area contributed by atoms with Gasteiger partial charge in [0, 0.05) is 22.5 Å². The van der Waals surface area contributed by atoms with Crippen LogP contribution in [0, 0.1) is 12.7 Å². The maximum atomic E-state index is 13.3. The van der Waals surface area contributed by atoms with Crippen molar-refractivity contribution in [3.05, 3.63) is 83.3 Å². The summed E-state index contributed by atoms with van der Waals surface area (Å²) in [5.41, 5.74) is 3.58. The van der Waals surface area contributed by atoms with Crippen molar-refractivity contribution in [1.29, 1.82) is 0 Å². The van der Waals surface area contributed by atoms with Gasteiger partial charge in [0.05, 0.1) is 0 Å². The van der Waals surface area contributed by atoms with Gasteiger partial charge in [0.2, 0.25) is 0 Å². The Morgan fingerprint density at radius 1 is 1.04 bits per heavy atom. The average molecular weight is 395 g/mol. The van der Waals surface area contributed by atoms with Crippen molar-refractivity contribution in [2.45, 2.75) is 6.92 Å². The van der Waals surface area contributed by atoms with Crippen molar-refractivity contribution in [1.82, 2.24) is 9.38 Å². The highest BCUT2D eigenvalue weighted by atomic mass is 35.5. The first-order chi connectivity index (χ1) is 13.5. The molecule has 0 bridgehead atoms. The number of anilines is 2. The Morgan fingerprint density at radius 2 is 1.75 bits per heavy atom. The van der Waals surface area contributed by atoms with Gasteiger partial charge in [0.15, 0.2) is 0 Å². The van der Waals surface area contributed by atoms with Gasteiger partial charge in [-0.15, -0.1) is 0 Å². The standard InChI is InChI=1S/C21H16ClFN4O/c1-13-10-11-27-18(12-13)25-19(14-2-6-16(23)7-3-14)20(27)26-21(28)24-17-8-4-15(22)5-9-17/h2-12H,1H3,(H2,24,26,28). The summed E-state index contributed by atoms with van der Waals surface area (Å²) in [6.07, 6.45) is 1.84. The van der Waals surface area contributed by atoms with Gasteiger partial charge in [-0.1, -0.05) is 11.6 Å². The number of urea groups is 1. The Kier molecular flexibility index (Phi) is 4.71. The van der Waals surface area contributed by atoms with Gasteiger partial charge >= 0.3 is 6.03 Å². The molecule has 0 unspecified atom stereocenters. The van der Waals surface area contributed by atoms with Gasteiger partial charge < -0.3 is 5.32 Å². The summed E-state index contributed by atoms with van der Waals surface area (Å²) in [5, 5.41) is 6.20. The lowest BCUT2D eigenvalue weighted by atomic mass is 10.1. The predicted molar refractivity (Wildman–Crippen MR) is 109 cm³/mol. The second kappa shape index (κ2) is 7.32. The molecular weight excluding hydrogens is 379 g/mol. The molecular formula is C21H16ClFN4O. The van der Waals surface area contributed by atoms with Gasteiger partial charge in [-0.25, -0.2) is 14.2 Å². The van der Waals surface area contributed by atoms with Crippen LogP contribution in [0.2, 0.25) is 5.02 Å². The summed E-state index contributed by atoms with van der Waals surface area (Å²) in [7, 11) is 0. The van der Waals surface area contributed by atoms with Gasteiger partial charge in [0.25, 0.3) is 0 Å². The summed E-state index contributed by atoms with van der Waals surface area (Å²) in [5.74, 6) is 0.159. The van der Waals surface area contributed by atoms with Crippen LogP contribution in [0.4, 0.5) is 20.7 Å². The molecule has 0 atom stereocenters. The van der Waals surface area contributed by atoms with Gasteiger partial charge in [-0.05, 0) is 73.2 Å². The molecule has 0 saturated carbocycles. The highest BCUT2D eigenvalue weighted by Gasteiger charge is 2.17. The highest BCUT2D eigenvalue weighted by Crippen LogP contribution is 2.29. The number of pyridine rings is 1. The van der Waals surface area contributed by atoms with Crippen LogP contribution in [0.25, 0.3) is 16.9 Å². The molecule has 0 radical (unpaired) electrons. The minimum atomic E-state index is -0.423. The number of imidazole rings is 1. The summed E-state index contributed by atoms with van der Waals surface area (Å²) in [4.78, 5) is 17.2. The van der Waals surface area contributed by atoms with Crippen molar-refractivity contribution in [3.63, 3.8) is 0 Å². The Balaban J connectivity index is 1.71. The average Bonchev–Trinajstić information content (AvgIpc) is 3.01. The largest absolute Gasteiger partial charge is 0.324 e. The van der Waals surface area contributed by atoms with Crippen molar-refractivity contribution in [2.75, 3.05) is 10.6 Å². The molecule has 0 saturated heterocycles. The second-order valence-corrected chi connectivity index (χ2v) is 6.77. The van der Waals surface area contributed by atoms with E-state index >= 15 is 0 Å². The molecule has 7 heteroatoms. The van der Waals surface area contributed by atoms with Crippen LogP contribution in [0.3, 0.4) is 0 Å². The lowest BCUT2D eigenvalue weighted by Gasteiger charge is -2.10. The number of hydrogen-bond donors (Lipinski definition) is 2. The van der Waals surface area contributed by atoms with Crippen LogP contribution in [0.1, 0.15) is 5.56 Å². The molecule has 0 spiro atoms. The normalized spacial score (nSPS) is 10.8. The van der Waals surface area contributed by atoms with E-state index in [0.29, 0.717) is 33.4 Å². The first-order valence-corrected chi connectivity index (χ1v) is 8.95. The van der Waals surface area contributed by atoms with E-state index in [1.54, 1.807) is 40.8 Å².